The molecule has 0 unspecified atom stereocenters. The first kappa shape index (κ1) is 13.4. The zero-order chi connectivity index (χ0) is 13.5. The van der Waals surface area contributed by atoms with Gasteiger partial charge >= 0.3 is 6.09 Å². The van der Waals surface area contributed by atoms with Crippen molar-refractivity contribution < 1.29 is 14.3 Å². The van der Waals surface area contributed by atoms with Gasteiger partial charge in [0.15, 0.2) is 0 Å². The molecule has 0 radical (unpaired) electrons. The maximum atomic E-state index is 11.4. The molecule has 1 fully saturated rings. The minimum atomic E-state index is -0.578. The smallest absolute Gasteiger partial charge is 0.407 e. The molecule has 0 saturated heterocycles. The third kappa shape index (κ3) is 5.42. The number of nitrogens with one attached hydrogen (secondary N) is 2. The summed E-state index contributed by atoms with van der Waals surface area (Å²) < 4.78 is 4.99. The van der Waals surface area contributed by atoms with E-state index in [-0.39, 0.29) is 19.1 Å². The second-order valence-corrected chi connectivity index (χ2v) is 4.66. The molecule has 0 heterocycles. The fourth-order valence-electron chi connectivity index (χ4n) is 1.57. The second-order valence-electron chi connectivity index (χ2n) is 4.66. The minimum Gasteiger partial charge on any atom is -0.445 e. The van der Waals surface area contributed by atoms with Crippen LogP contribution < -0.4 is 10.6 Å². The van der Waals surface area contributed by atoms with Gasteiger partial charge in [0.05, 0.1) is 6.54 Å². The van der Waals surface area contributed by atoms with Gasteiger partial charge in [-0.2, -0.15) is 0 Å². The second kappa shape index (κ2) is 6.78. The highest BCUT2D eigenvalue weighted by Gasteiger charge is 2.21. The minimum absolute atomic E-state index is 0.0413. The van der Waals surface area contributed by atoms with Gasteiger partial charge in [-0.15, -0.1) is 0 Å². The molecule has 0 spiro atoms. The van der Waals surface area contributed by atoms with E-state index in [1.54, 1.807) is 0 Å². The van der Waals surface area contributed by atoms with Crippen LogP contribution >= 0.6 is 0 Å². The molecule has 1 aliphatic carbocycles. The van der Waals surface area contributed by atoms with E-state index >= 15 is 0 Å². The first-order valence-electron chi connectivity index (χ1n) is 6.45. The molecule has 0 aromatic heterocycles. The van der Waals surface area contributed by atoms with E-state index in [2.05, 4.69) is 10.6 Å². The molecule has 1 saturated carbocycles. The summed E-state index contributed by atoms with van der Waals surface area (Å²) in [7, 11) is 0. The van der Waals surface area contributed by atoms with Crippen molar-refractivity contribution in [3.05, 3.63) is 35.9 Å². The topological polar surface area (TPSA) is 67.4 Å². The van der Waals surface area contributed by atoms with Gasteiger partial charge in [0.1, 0.15) is 6.61 Å². The van der Waals surface area contributed by atoms with Gasteiger partial charge in [0.25, 0.3) is 0 Å². The van der Waals surface area contributed by atoms with Gasteiger partial charge < -0.3 is 15.4 Å². The molecule has 2 N–H and O–H groups in total. The lowest BCUT2D eigenvalue weighted by Crippen LogP contribution is -2.37. The van der Waals surface area contributed by atoms with Crippen molar-refractivity contribution in [2.45, 2.75) is 19.4 Å². The summed E-state index contributed by atoms with van der Waals surface area (Å²) in [5.41, 5.74) is 0.913. The fourth-order valence-corrected chi connectivity index (χ4v) is 1.57. The number of hydrogen-bond donors (Lipinski definition) is 2. The van der Waals surface area contributed by atoms with E-state index in [9.17, 15) is 9.59 Å². The van der Waals surface area contributed by atoms with Crippen LogP contribution in [0.5, 0.6) is 0 Å². The van der Waals surface area contributed by atoms with Crippen LogP contribution in [0.1, 0.15) is 18.4 Å². The van der Waals surface area contributed by atoms with Gasteiger partial charge in [0.2, 0.25) is 5.91 Å². The van der Waals surface area contributed by atoms with Crippen molar-refractivity contribution in [2.24, 2.45) is 5.92 Å². The Balaban J connectivity index is 1.57. The highest BCUT2D eigenvalue weighted by atomic mass is 16.5. The largest absolute Gasteiger partial charge is 0.445 e. The number of carbonyl (C=O) groups excluding carboxylic acids is 2. The third-order valence-corrected chi connectivity index (χ3v) is 2.89. The molecule has 1 aromatic rings. The van der Waals surface area contributed by atoms with Crippen molar-refractivity contribution in [1.29, 1.82) is 0 Å². The number of hydrogen-bond acceptors (Lipinski definition) is 3. The summed E-state index contributed by atoms with van der Waals surface area (Å²) >= 11 is 0. The van der Waals surface area contributed by atoms with E-state index in [1.807, 2.05) is 30.3 Å². The third-order valence-electron chi connectivity index (χ3n) is 2.89. The summed E-state index contributed by atoms with van der Waals surface area (Å²) in [4.78, 5) is 22.7. The lowest BCUT2D eigenvalue weighted by molar-refractivity contribution is -0.120. The molecule has 5 heteroatoms. The molecule has 0 bridgehead atoms. The van der Waals surface area contributed by atoms with Crippen molar-refractivity contribution in [3.63, 3.8) is 0 Å². The number of rotatable bonds is 6. The SMILES string of the molecule is O=C(CNC(=O)OCc1ccccc1)NCC1CC1. The van der Waals surface area contributed by atoms with Crippen molar-refractivity contribution in [2.75, 3.05) is 13.1 Å². The predicted octanol–water partition coefficient (Wildman–Crippen LogP) is 1.44. The van der Waals surface area contributed by atoms with E-state index in [4.69, 9.17) is 4.74 Å². The standard InChI is InChI=1S/C14H18N2O3/c17-13(15-8-11-6-7-11)9-16-14(18)19-10-12-4-2-1-3-5-12/h1-5,11H,6-10H2,(H,15,17)(H,16,18). The quantitative estimate of drug-likeness (QED) is 0.815. The summed E-state index contributed by atoms with van der Waals surface area (Å²) in [5, 5.41) is 5.19. The summed E-state index contributed by atoms with van der Waals surface area (Å²) in [6, 6.07) is 9.39. The van der Waals surface area contributed by atoms with Crippen LogP contribution in [-0.2, 0) is 16.1 Å². The zero-order valence-corrected chi connectivity index (χ0v) is 10.7. The highest BCUT2D eigenvalue weighted by molar-refractivity contribution is 5.82. The molecule has 2 amide bonds. The molecular weight excluding hydrogens is 244 g/mol. The maximum Gasteiger partial charge on any atom is 0.407 e. The molecule has 1 aromatic carbocycles. The first-order valence-corrected chi connectivity index (χ1v) is 6.45. The number of alkyl carbamates (subject to hydrolysis) is 1. The van der Waals surface area contributed by atoms with Gasteiger partial charge in [-0.3, -0.25) is 4.79 Å². The van der Waals surface area contributed by atoms with Crippen LogP contribution in [0.4, 0.5) is 4.79 Å². The zero-order valence-electron chi connectivity index (χ0n) is 10.7. The van der Waals surface area contributed by atoms with Crippen LogP contribution in [-0.4, -0.2) is 25.1 Å². The molecule has 0 atom stereocenters. The Bertz CT molecular complexity index is 430. The van der Waals surface area contributed by atoms with Gasteiger partial charge in [-0.1, -0.05) is 30.3 Å². The Morgan fingerprint density at radius 1 is 1.16 bits per heavy atom. The molecular formula is C14H18N2O3. The average Bonchev–Trinajstić information content (AvgIpc) is 3.26. The normalized spacial score (nSPS) is 13.7. The number of amides is 2. The van der Waals surface area contributed by atoms with Crippen molar-refractivity contribution >= 4 is 12.0 Å². The van der Waals surface area contributed by atoms with Crippen LogP contribution in [0.3, 0.4) is 0 Å². The Labute approximate surface area is 112 Å². The van der Waals surface area contributed by atoms with Gasteiger partial charge in [0, 0.05) is 6.54 Å². The number of carbonyl (C=O) groups is 2. The molecule has 1 aliphatic rings. The summed E-state index contributed by atoms with van der Waals surface area (Å²) in [6.07, 6.45) is 1.80. The Morgan fingerprint density at radius 3 is 2.58 bits per heavy atom. The number of benzene rings is 1. The maximum absolute atomic E-state index is 11.4. The molecule has 0 aliphatic heterocycles. The van der Waals surface area contributed by atoms with E-state index < -0.39 is 6.09 Å². The summed E-state index contributed by atoms with van der Waals surface area (Å²) in [5.74, 6) is 0.456. The lowest BCUT2D eigenvalue weighted by Gasteiger charge is -2.07. The van der Waals surface area contributed by atoms with Crippen molar-refractivity contribution in [3.8, 4) is 0 Å². The van der Waals surface area contributed by atoms with Gasteiger partial charge in [-0.25, -0.2) is 4.79 Å². The molecule has 5 nitrogen and oxygen atoms in total. The van der Waals surface area contributed by atoms with E-state index in [0.29, 0.717) is 12.5 Å². The van der Waals surface area contributed by atoms with Crippen LogP contribution in [0.25, 0.3) is 0 Å². The fraction of sp³-hybridized carbons (Fsp3) is 0.429. The van der Waals surface area contributed by atoms with E-state index in [0.717, 1.165) is 5.56 Å². The average molecular weight is 262 g/mol. The lowest BCUT2D eigenvalue weighted by atomic mass is 10.2. The van der Waals surface area contributed by atoms with Crippen LogP contribution in [0, 0.1) is 5.92 Å². The Morgan fingerprint density at radius 2 is 1.89 bits per heavy atom. The molecule has 102 valence electrons. The monoisotopic (exact) mass is 262 g/mol. The Hall–Kier alpha value is -2.04. The van der Waals surface area contributed by atoms with Gasteiger partial charge in [-0.05, 0) is 24.3 Å². The van der Waals surface area contributed by atoms with Crippen molar-refractivity contribution in [1.82, 2.24) is 10.6 Å². The van der Waals surface area contributed by atoms with E-state index in [1.165, 1.54) is 12.8 Å². The molecule has 19 heavy (non-hydrogen) atoms. The Kier molecular flexibility index (Phi) is 4.78. The first-order chi connectivity index (χ1) is 9.24. The van der Waals surface area contributed by atoms with Crippen LogP contribution in [0.15, 0.2) is 30.3 Å². The van der Waals surface area contributed by atoms with Crippen LogP contribution in [0.2, 0.25) is 0 Å². The number of ether oxygens (including phenoxy) is 1. The highest BCUT2D eigenvalue weighted by Crippen LogP contribution is 2.27. The molecule has 2 rings (SSSR count). The summed E-state index contributed by atoms with van der Waals surface area (Å²) in [6.45, 7) is 0.871. The predicted molar refractivity (Wildman–Crippen MR) is 70.4 cm³/mol.